The molecule has 9 heteroatoms. The zero-order valence-corrected chi connectivity index (χ0v) is 15.6. The fourth-order valence-corrected chi connectivity index (χ4v) is 2.53. The molecule has 0 radical (unpaired) electrons. The summed E-state index contributed by atoms with van der Waals surface area (Å²) in [7, 11) is 0. The lowest BCUT2D eigenvalue weighted by Gasteiger charge is -2.08. The van der Waals surface area contributed by atoms with Gasteiger partial charge in [-0.15, -0.1) is 0 Å². The van der Waals surface area contributed by atoms with Crippen LogP contribution in [0.4, 0.5) is 0 Å². The number of nitrogens with zero attached hydrogens (tertiary/aromatic N) is 1. The Kier molecular flexibility index (Phi) is 7.02. The van der Waals surface area contributed by atoms with Crippen LogP contribution in [0.1, 0.15) is 5.56 Å². The summed E-state index contributed by atoms with van der Waals surface area (Å²) >= 11 is 29.5. The molecule has 2 rings (SSSR count). The monoisotopic (exact) mass is 424 g/mol. The average molecular weight is 427 g/mol. The van der Waals surface area contributed by atoms with Crippen LogP contribution >= 0.6 is 58.0 Å². The molecule has 0 aliphatic heterocycles. The number of hydrazone groups is 1. The molecule has 2 aromatic rings. The second-order valence-corrected chi connectivity index (χ2v) is 6.43. The lowest BCUT2D eigenvalue weighted by Crippen LogP contribution is -2.24. The lowest BCUT2D eigenvalue weighted by atomic mass is 10.2. The first-order chi connectivity index (χ1) is 11.4. The van der Waals surface area contributed by atoms with Crippen molar-refractivity contribution in [3.05, 3.63) is 61.0 Å². The van der Waals surface area contributed by atoms with E-state index in [0.717, 1.165) is 0 Å². The van der Waals surface area contributed by atoms with Crippen LogP contribution in [0.15, 0.2) is 35.4 Å². The van der Waals surface area contributed by atoms with Crippen molar-refractivity contribution < 1.29 is 9.53 Å². The number of carbonyl (C=O) groups excluding carboxylic acids is 1. The van der Waals surface area contributed by atoms with Crippen molar-refractivity contribution in [2.45, 2.75) is 0 Å². The van der Waals surface area contributed by atoms with E-state index in [1.807, 2.05) is 0 Å². The minimum Gasteiger partial charge on any atom is -0.482 e. The minimum absolute atomic E-state index is 0.239. The maximum atomic E-state index is 11.7. The average Bonchev–Trinajstić information content (AvgIpc) is 2.53. The fourth-order valence-electron chi connectivity index (χ4n) is 1.58. The molecule has 0 aliphatic rings. The van der Waals surface area contributed by atoms with Crippen LogP contribution in [-0.2, 0) is 4.79 Å². The summed E-state index contributed by atoms with van der Waals surface area (Å²) in [5, 5.41) is 5.32. The molecule has 126 valence electrons. The van der Waals surface area contributed by atoms with E-state index in [4.69, 9.17) is 62.7 Å². The summed E-state index contributed by atoms with van der Waals surface area (Å²) in [6, 6.07) is 7.92. The van der Waals surface area contributed by atoms with Gasteiger partial charge in [-0.3, -0.25) is 4.79 Å². The first-order valence-electron chi connectivity index (χ1n) is 6.41. The van der Waals surface area contributed by atoms with E-state index in [1.54, 1.807) is 18.2 Å². The second kappa shape index (κ2) is 8.79. The highest BCUT2D eigenvalue weighted by atomic mass is 35.5. The van der Waals surface area contributed by atoms with Gasteiger partial charge in [-0.1, -0.05) is 70.1 Å². The van der Waals surface area contributed by atoms with E-state index in [2.05, 4.69) is 10.5 Å². The third kappa shape index (κ3) is 5.16. The second-order valence-electron chi connectivity index (χ2n) is 4.42. The van der Waals surface area contributed by atoms with E-state index in [1.165, 1.54) is 18.3 Å². The van der Waals surface area contributed by atoms with Gasteiger partial charge in [-0.05, 0) is 12.1 Å². The standard InChI is InChI=1S/C15H9Cl5N2O2/c16-9-3-1-2-8(15(9)20)6-21-22-14(23)7-24-13-5-11(18)10(17)4-12(13)19/h1-6H,7H2,(H,22,23)/b21-6+. The number of hydrogen-bond acceptors (Lipinski definition) is 3. The molecule has 0 aromatic heterocycles. The van der Waals surface area contributed by atoms with E-state index in [-0.39, 0.29) is 22.4 Å². The van der Waals surface area contributed by atoms with Gasteiger partial charge in [-0.2, -0.15) is 5.10 Å². The number of ether oxygens (including phenoxy) is 1. The molecule has 4 nitrogen and oxygen atoms in total. The molecule has 0 spiro atoms. The summed E-state index contributed by atoms with van der Waals surface area (Å²) in [5.41, 5.74) is 2.86. The quantitative estimate of drug-likeness (QED) is 0.391. The van der Waals surface area contributed by atoms with Gasteiger partial charge in [0.05, 0.1) is 31.3 Å². The van der Waals surface area contributed by atoms with Crippen molar-refractivity contribution >= 4 is 70.1 Å². The highest BCUT2D eigenvalue weighted by Crippen LogP contribution is 2.33. The summed E-state index contributed by atoms with van der Waals surface area (Å²) in [6.07, 6.45) is 1.37. The molecular formula is C15H9Cl5N2O2. The molecule has 0 bridgehead atoms. The third-order valence-electron chi connectivity index (χ3n) is 2.71. The maximum Gasteiger partial charge on any atom is 0.277 e. The molecular weight excluding hydrogens is 417 g/mol. The Morgan fingerprint density at radius 1 is 1.04 bits per heavy atom. The van der Waals surface area contributed by atoms with Gasteiger partial charge in [0, 0.05) is 11.6 Å². The number of amides is 1. The van der Waals surface area contributed by atoms with Gasteiger partial charge in [0.1, 0.15) is 5.75 Å². The molecule has 1 N–H and O–H groups in total. The predicted octanol–water partition coefficient (Wildman–Crippen LogP) is 5.48. The molecule has 0 atom stereocenters. The largest absolute Gasteiger partial charge is 0.482 e. The Labute approximate surface area is 163 Å². The zero-order chi connectivity index (χ0) is 17.7. The predicted molar refractivity (Wildman–Crippen MR) is 99.2 cm³/mol. The van der Waals surface area contributed by atoms with Gasteiger partial charge in [0.2, 0.25) is 0 Å². The molecule has 0 unspecified atom stereocenters. The molecule has 2 aromatic carbocycles. The number of hydrogen-bond donors (Lipinski definition) is 1. The van der Waals surface area contributed by atoms with E-state index >= 15 is 0 Å². The Hall–Kier alpha value is -1.17. The molecule has 1 amide bonds. The van der Waals surface area contributed by atoms with Crippen molar-refractivity contribution in [1.82, 2.24) is 5.43 Å². The normalized spacial score (nSPS) is 10.9. The fraction of sp³-hybridized carbons (Fsp3) is 0.0667. The molecule has 0 aliphatic carbocycles. The number of rotatable bonds is 5. The Morgan fingerprint density at radius 3 is 2.50 bits per heavy atom. The number of benzene rings is 2. The van der Waals surface area contributed by atoms with Gasteiger partial charge in [-0.25, -0.2) is 5.43 Å². The van der Waals surface area contributed by atoms with Gasteiger partial charge in [0.15, 0.2) is 6.61 Å². The molecule has 0 heterocycles. The number of carbonyl (C=O) groups is 1. The maximum absolute atomic E-state index is 11.7. The van der Waals surface area contributed by atoms with Crippen LogP contribution in [0.25, 0.3) is 0 Å². The van der Waals surface area contributed by atoms with Crippen LogP contribution in [-0.4, -0.2) is 18.7 Å². The van der Waals surface area contributed by atoms with Crippen LogP contribution in [0.2, 0.25) is 25.1 Å². The van der Waals surface area contributed by atoms with E-state index in [9.17, 15) is 4.79 Å². The topological polar surface area (TPSA) is 50.7 Å². The first-order valence-corrected chi connectivity index (χ1v) is 8.30. The van der Waals surface area contributed by atoms with Crippen molar-refractivity contribution in [1.29, 1.82) is 0 Å². The van der Waals surface area contributed by atoms with Gasteiger partial charge < -0.3 is 4.74 Å². The molecule has 0 saturated heterocycles. The third-order valence-corrected chi connectivity index (χ3v) is 4.56. The molecule has 0 saturated carbocycles. The van der Waals surface area contributed by atoms with Gasteiger partial charge in [0.25, 0.3) is 5.91 Å². The summed E-state index contributed by atoms with van der Waals surface area (Å²) in [5.74, 6) is -0.255. The van der Waals surface area contributed by atoms with Crippen molar-refractivity contribution in [2.24, 2.45) is 5.10 Å². The summed E-state index contributed by atoms with van der Waals surface area (Å²) < 4.78 is 5.27. The van der Waals surface area contributed by atoms with E-state index in [0.29, 0.717) is 20.6 Å². The summed E-state index contributed by atoms with van der Waals surface area (Å²) in [4.78, 5) is 11.7. The van der Waals surface area contributed by atoms with Crippen molar-refractivity contribution in [3.63, 3.8) is 0 Å². The smallest absolute Gasteiger partial charge is 0.277 e. The van der Waals surface area contributed by atoms with Gasteiger partial charge >= 0.3 is 0 Å². The Morgan fingerprint density at radius 2 is 1.75 bits per heavy atom. The summed E-state index contributed by atoms with van der Waals surface area (Å²) in [6.45, 7) is -0.307. The van der Waals surface area contributed by atoms with Crippen LogP contribution in [0, 0.1) is 0 Å². The highest BCUT2D eigenvalue weighted by molar-refractivity contribution is 6.44. The minimum atomic E-state index is -0.494. The van der Waals surface area contributed by atoms with Crippen molar-refractivity contribution in [2.75, 3.05) is 6.61 Å². The number of nitrogens with one attached hydrogen (secondary N) is 1. The lowest BCUT2D eigenvalue weighted by molar-refractivity contribution is -0.123. The molecule has 0 fully saturated rings. The highest BCUT2D eigenvalue weighted by Gasteiger charge is 2.09. The van der Waals surface area contributed by atoms with Crippen LogP contribution in [0.5, 0.6) is 5.75 Å². The van der Waals surface area contributed by atoms with Crippen LogP contribution in [0.3, 0.4) is 0 Å². The Balaban J connectivity index is 1.91. The Bertz CT molecular complexity index is 796. The van der Waals surface area contributed by atoms with Crippen LogP contribution < -0.4 is 10.2 Å². The van der Waals surface area contributed by atoms with Crippen molar-refractivity contribution in [3.8, 4) is 5.75 Å². The van der Waals surface area contributed by atoms with E-state index < -0.39 is 5.91 Å². The zero-order valence-electron chi connectivity index (χ0n) is 11.8. The SMILES string of the molecule is O=C(COc1cc(Cl)c(Cl)cc1Cl)N/N=C/c1cccc(Cl)c1Cl. The first kappa shape index (κ1) is 19.2. The number of halogens is 5. The molecule has 24 heavy (non-hydrogen) atoms.